The van der Waals surface area contributed by atoms with E-state index in [-0.39, 0.29) is 0 Å². The quantitative estimate of drug-likeness (QED) is 0.414. The molecule has 0 aromatic rings. The fourth-order valence-corrected chi connectivity index (χ4v) is 1.48. The van der Waals surface area contributed by atoms with E-state index in [1.54, 1.807) is 0 Å². The van der Waals surface area contributed by atoms with Crippen molar-refractivity contribution in [1.29, 1.82) is 0 Å². The largest absolute Gasteiger partial charge is 0.370 e. The molecule has 0 amide bonds. The van der Waals surface area contributed by atoms with Gasteiger partial charge in [0.15, 0.2) is 0 Å². The molecule has 1 aliphatic heterocycles. The number of hydrogen-bond donors (Lipinski definition) is 0. The Hall–Kier alpha value is -0.0400. The van der Waals surface area contributed by atoms with Crippen molar-refractivity contribution >= 4 is 0 Å². The van der Waals surface area contributed by atoms with Gasteiger partial charge in [0.25, 0.3) is 0 Å². The molecule has 2 atom stereocenters. The van der Waals surface area contributed by atoms with Gasteiger partial charge in [-0.3, -0.25) is 0 Å². The highest BCUT2D eigenvalue weighted by molar-refractivity contribution is 4.93. The van der Waals surface area contributed by atoms with Crippen molar-refractivity contribution in [3.8, 4) is 0 Å². The van der Waals surface area contributed by atoms with Crippen molar-refractivity contribution in [3.63, 3.8) is 0 Å². The van der Waals surface area contributed by atoms with Gasteiger partial charge in [-0.2, -0.15) is 0 Å². The Balaban J connectivity index is 2.02. The van der Waals surface area contributed by atoms with Gasteiger partial charge in [-0.25, -0.2) is 0 Å². The summed E-state index contributed by atoms with van der Waals surface area (Å²) in [5.74, 6) is 0.948. The molecular formula is C6H10O. The van der Waals surface area contributed by atoms with Crippen LogP contribution in [0, 0.1) is 5.92 Å². The lowest BCUT2D eigenvalue weighted by molar-refractivity contribution is 0.283. The fourth-order valence-electron chi connectivity index (χ4n) is 1.48. The van der Waals surface area contributed by atoms with E-state index in [2.05, 4.69) is 6.92 Å². The van der Waals surface area contributed by atoms with Gasteiger partial charge >= 0.3 is 0 Å². The third kappa shape index (κ3) is 0.480. The van der Waals surface area contributed by atoms with Crippen LogP contribution in [0.15, 0.2) is 0 Å². The molecule has 1 nitrogen and oxygen atoms in total. The molecule has 7 heavy (non-hydrogen) atoms. The van der Waals surface area contributed by atoms with E-state index in [4.69, 9.17) is 4.74 Å². The summed E-state index contributed by atoms with van der Waals surface area (Å²) in [6.45, 7) is 2.30. The highest BCUT2D eigenvalue weighted by atomic mass is 16.6. The first kappa shape index (κ1) is 3.90. The van der Waals surface area contributed by atoms with Crippen LogP contribution in [-0.2, 0) is 4.74 Å². The van der Waals surface area contributed by atoms with E-state index < -0.39 is 0 Å². The molecule has 0 N–H and O–H groups in total. The summed E-state index contributed by atoms with van der Waals surface area (Å²) in [6.07, 6.45) is 4.03. The van der Waals surface area contributed by atoms with Crippen molar-refractivity contribution in [1.82, 2.24) is 0 Å². The van der Waals surface area contributed by atoms with Crippen molar-refractivity contribution in [2.75, 3.05) is 0 Å². The van der Waals surface area contributed by atoms with Crippen LogP contribution in [0.25, 0.3) is 0 Å². The Kier molecular flexibility index (Phi) is 0.571. The predicted octanol–water partition coefficient (Wildman–Crippen LogP) is 1.18. The van der Waals surface area contributed by atoms with Crippen LogP contribution >= 0.6 is 0 Å². The van der Waals surface area contributed by atoms with Crippen molar-refractivity contribution in [2.24, 2.45) is 5.92 Å². The Morgan fingerprint density at radius 1 is 1.29 bits per heavy atom. The zero-order valence-corrected chi connectivity index (χ0v) is 4.55. The summed E-state index contributed by atoms with van der Waals surface area (Å²) in [6, 6.07) is 0. The van der Waals surface area contributed by atoms with E-state index in [1.807, 2.05) is 0 Å². The summed E-state index contributed by atoms with van der Waals surface area (Å²) in [5, 5.41) is 0. The van der Waals surface area contributed by atoms with Gasteiger partial charge in [-0.05, 0) is 18.8 Å². The van der Waals surface area contributed by atoms with Crippen LogP contribution in [0.2, 0.25) is 0 Å². The molecule has 2 fully saturated rings. The first-order chi connectivity index (χ1) is 3.36. The van der Waals surface area contributed by atoms with Crippen LogP contribution < -0.4 is 0 Å². The first-order valence-corrected chi connectivity index (χ1v) is 3.02. The second-order valence-corrected chi connectivity index (χ2v) is 2.79. The lowest BCUT2D eigenvalue weighted by atomic mass is 10.1. The highest BCUT2D eigenvalue weighted by Crippen LogP contribution is 2.41. The van der Waals surface area contributed by atoms with Gasteiger partial charge < -0.3 is 4.74 Å². The Labute approximate surface area is 43.7 Å². The van der Waals surface area contributed by atoms with E-state index in [0.29, 0.717) is 12.2 Å². The molecule has 40 valence electrons. The van der Waals surface area contributed by atoms with E-state index in [1.165, 1.54) is 12.8 Å². The van der Waals surface area contributed by atoms with Crippen LogP contribution in [0.1, 0.15) is 19.8 Å². The molecular weight excluding hydrogens is 88.1 g/mol. The molecule has 0 spiro atoms. The minimum Gasteiger partial charge on any atom is -0.370 e. The van der Waals surface area contributed by atoms with Crippen molar-refractivity contribution in [3.05, 3.63) is 0 Å². The highest BCUT2D eigenvalue weighted by Gasteiger charge is 2.45. The third-order valence-corrected chi connectivity index (χ3v) is 1.96. The SMILES string of the molecule is CC1CC2OC2C1. The van der Waals surface area contributed by atoms with Gasteiger partial charge in [-0.1, -0.05) is 6.92 Å². The minimum atomic E-state index is 0.690. The normalized spacial score (nSPS) is 57.0. The minimum absolute atomic E-state index is 0.690. The van der Waals surface area contributed by atoms with Gasteiger partial charge in [0.1, 0.15) is 0 Å². The van der Waals surface area contributed by atoms with E-state index >= 15 is 0 Å². The predicted molar refractivity (Wildman–Crippen MR) is 27.1 cm³/mol. The summed E-state index contributed by atoms with van der Waals surface area (Å²) in [7, 11) is 0. The molecule has 2 aliphatic rings. The number of rotatable bonds is 0. The maximum absolute atomic E-state index is 5.22. The molecule has 0 aromatic heterocycles. The summed E-state index contributed by atoms with van der Waals surface area (Å²) in [5.41, 5.74) is 0. The maximum atomic E-state index is 5.22. The molecule has 1 saturated carbocycles. The standard InChI is InChI=1S/C6H10O/c1-4-2-5-6(3-4)7-5/h4-6H,2-3H2,1H3. The average Bonchev–Trinajstić information content (AvgIpc) is 2.15. The number of hydrogen-bond acceptors (Lipinski definition) is 1. The second kappa shape index (κ2) is 1.03. The van der Waals surface area contributed by atoms with Gasteiger partial charge in [0.2, 0.25) is 0 Å². The Morgan fingerprint density at radius 2 is 1.86 bits per heavy atom. The van der Waals surface area contributed by atoms with Crippen molar-refractivity contribution in [2.45, 2.75) is 32.0 Å². The zero-order chi connectivity index (χ0) is 4.85. The fraction of sp³-hybridized carbons (Fsp3) is 1.00. The topological polar surface area (TPSA) is 12.5 Å². The molecule has 0 bridgehead atoms. The Bertz CT molecular complexity index is 80.2. The average molecular weight is 98.1 g/mol. The number of fused-ring (bicyclic) bond motifs is 1. The lowest BCUT2D eigenvalue weighted by Gasteiger charge is -1.98. The molecule has 1 heteroatoms. The van der Waals surface area contributed by atoms with Gasteiger partial charge in [0, 0.05) is 0 Å². The zero-order valence-electron chi connectivity index (χ0n) is 4.55. The first-order valence-electron chi connectivity index (χ1n) is 3.02. The monoisotopic (exact) mass is 98.1 g/mol. The molecule has 0 radical (unpaired) electrons. The van der Waals surface area contributed by atoms with E-state index in [0.717, 1.165) is 5.92 Å². The van der Waals surface area contributed by atoms with Crippen LogP contribution in [0.4, 0.5) is 0 Å². The summed E-state index contributed by atoms with van der Waals surface area (Å²) in [4.78, 5) is 0. The summed E-state index contributed by atoms with van der Waals surface area (Å²) < 4.78 is 5.22. The molecule has 1 heterocycles. The van der Waals surface area contributed by atoms with E-state index in [9.17, 15) is 0 Å². The van der Waals surface area contributed by atoms with Crippen LogP contribution in [-0.4, -0.2) is 12.2 Å². The lowest BCUT2D eigenvalue weighted by Crippen LogP contribution is -1.90. The van der Waals surface area contributed by atoms with Crippen LogP contribution in [0.5, 0.6) is 0 Å². The second-order valence-electron chi connectivity index (χ2n) is 2.79. The van der Waals surface area contributed by atoms with Gasteiger partial charge in [0.05, 0.1) is 12.2 Å². The molecule has 1 saturated heterocycles. The molecule has 1 aliphatic carbocycles. The van der Waals surface area contributed by atoms with Gasteiger partial charge in [-0.15, -0.1) is 0 Å². The number of ether oxygens (including phenoxy) is 1. The Morgan fingerprint density at radius 3 is 2.14 bits per heavy atom. The van der Waals surface area contributed by atoms with Crippen LogP contribution in [0.3, 0.4) is 0 Å². The maximum Gasteiger partial charge on any atom is 0.0844 e. The third-order valence-electron chi connectivity index (χ3n) is 1.96. The molecule has 2 unspecified atom stereocenters. The smallest absolute Gasteiger partial charge is 0.0844 e. The molecule has 0 aromatic carbocycles. The molecule has 2 rings (SSSR count). The van der Waals surface area contributed by atoms with Crippen molar-refractivity contribution < 1.29 is 4.74 Å². The summed E-state index contributed by atoms with van der Waals surface area (Å²) >= 11 is 0. The number of epoxide rings is 1.